The fourth-order valence-electron chi connectivity index (χ4n) is 2.36. The van der Waals surface area contributed by atoms with Gasteiger partial charge in [-0.25, -0.2) is 0 Å². The van der Waals surface area contributed by atoms with Gasteiger partial charge in [0.2, 0.25) is 0 Å². The Morgan fingerprint density at radius 1 is 1.28 bits per heavy atom. The van der Waals surface area contributed by atoms with Crippen LogP contribution in [0, 0.1) is 0 Å². The summed E-state index contributed by atoms with van der Waals surface area (Å²) in [5.41, 5.74) is 6.70. The van der Waals surface area contributed by atoms with Gasteiger partial charge < -0.3 is 15.2 Å². The fourth-order valence-corrected chi connectivity index (χ4v) is 2.94. The van der Waals surface area contributed by atoms with Crippen molar-refractivity contribution in [2.24, 2.45) is 5.73 Å². The van der Waals surface area contributed by atoms with Crippen molar-refractivity contribution in [1.82, 2.24) is 0 Å². The van der Waals surface area contributed by atoms with Gasteiger partial charge in [-0.1, -0.05) is 6.42 Å². The lowest BCUT2D eigenvalue weighted by atomic mass is 9.98. The van der Waals surface area contributed by atoms with Crippen molar-refractivity contribution in [2.45, 2.75) is 44.8 Å². The molecule has 0 amide bonds. The zero-order valence-corrected chi connectivity index (χ0v) is 12.3. The van der Waals surface area contributed by atoms with E-state index in [0.29, 0.717) is 12.6 Å². The van der Waals surface area contributed by atoms with E-state index in [1.54, 1.807) is 7.11 Å². The third-order valence-corrected chi connectivity index (χ3v) is 3.95. The Labute approximate surface area is 117 Å². The van der Waals surface area contributed by atoms with E-state index < -0.39 is 0 Å². The number of rotatable bonds is 4. The van der Waals surface area contributed by atoms with Gasteiger partial charge in [-0.2, -0.15) is 0 Å². The molecular weight excluding hydrogens is 294 g/mol. The highest BCUT2D eigenvalue weighted by atomic mass is 79.9. The molecule has 1 aliphatic rings. The van der Waals surface area contributed by atoms with Crippen LogP contribution >= 0.6 is 15.9 Å². The van der Waals surface area contributed by atoms with Crippen LogP contribution in [0.25, 0.3) is 0 Å². The average molecular weight is 314 g/mol. The first-order chi connectivity index (χ1) is 8.74. The Balaban J connectivity index is 2.19. The topological polar surface area (TPSA) is 44.5 Å². The number of hydrogen-bond donors (Lipinski definition) is 1. The van der Waals surface area contributed by atoms with Gasteiger partial charge in [-0.3, -0.25) is 0 Å². The first-order valence-corrected chi connectivity index (χ1v) is 7.27. The maximum Gasteiger partial charge on any atom is 0.175 e. The largest absolute Gasteiger partial charge is 0.493 e. The maximum absolute atomic E-state index is 6.09. The third-order valence-electron chi connectivity index (χ3n) is 3.36. The van der Waals surface area contributed by atoms with E-state index in [1.807, 2.05) is 12.1 Å². The van der Waals surface area contributed by atoms with Crippen LogP contribution < -0.4 is 15.2 Å². The molecule has 0 aliphatic heterocycles. The van der Waals surface area contributed by atoms with Gasteiger partial charge in [0.25, 0.3) is 0 Å². The molecule has 0 bridgehead atoms. The molecule has 3 nitrogen and oxygen atoms in total. The van der Waals surface area contributed by atoms with Crippen molar-refractivity contribution in [2.75, 3.05) is 7.11 Å². The first kappa shape index (κ1) is 13.7. The lowest BCUT2D eigenvalue weighted by Gasteiger charge is -2.24. The van der Waals surface area contributed by atoms with Crippen LogP contribution in [-0.4, -0.2) is 13.2 Å². The summed E-state index contributed by atoms with van der Waals surface area (Å²) in [6.45, 7) is 0.499. The monoisotopic (exact) mass is 313 g/mol. The van der Waals surface area contributed by atoms with Crippen LogP contribution in [0.2, 0.25) is 0 Å². The summed E-state index contributed by atoms with van der Waals surface area (Å²) < 4.78 is 12.4. The Kier molecular flexibility index (Phi) is 4.89. The molecule has 1 aromatic carbocycles. The summed E-state index contributed by atoms with van der Waals surface area (Å²) in [7, 11) is 1.66. The van der Waals surface area contributed by atoms with E-state index in [0.717, 1.165) is 34.4 Å². The summed E-state index contributed by atoms with van der Waals surface area (Å²) in [6.07, 6.45) is 6.41. The van der Waals surface area contributed by atoms with Crippen LogP contribution in [0.1, 0.15) is 37.7 Å². The molecule has 0 atom stereocenters. The predicted molar refractivity (Wildman–Crippen MR) is 76.1 cm³/mol. The Morgan fingerprint density at radius 2 is 2.00 bits per heavy atom. The van der Waals surface area contributed by atoms with E-state index in [1.165, 1.54) is 19.3 Å². The van der Waals surface area contributed by atoms with Crippen LogP contribution in [-0.2, 0) is 6.54 Å². The zero-order chi connectivity index (χ0) is 13.0. The average Bonchev–Trinajstić information content (AvgIpc) is 2.42. The maximum atomic E-state index is 6.09. The highest BCUT2D eigenvalue weighted by Gasteiger charge is 2.19. The van der Waals surface area contributed by atoms with Crippen molar-refractivity contribution < 1.29 is 9.47 Å². The van der Waals surface area contributed by atoms with Crippen LogP contribution in [0.3, 0.4) is 0 Å². The smallest absolute Gasteiger partial charge is 0.175 e. The number of hydrogen-bond acceptors (Lipinski definition) is 3. The quantitative estimate of drug-likeness (QED) is 0.923. The molecule has 1 saturated carbocycles. The molecule has 0 spiro atoms. The van der Waals surface area contributed by atoms with Gasteiger partial charge in [-0.05, 0) is 59.3 Å². The number of nitrogens with two attached hydrogens (primary N) is 1. The standard InChI is InChI=1S/C14H20BrNO2/c1-17-13-8-10(9-16)7-12(15)14(13)18-11-5-3-2-4-6-11/h7-8,11H,2-6,9,16H2,1H3. The van der Waals surface area contributed by atoms with Crippen LogP contribution in [0.15, 0.2) is 16.6 Å². The zero-order valence-electron chi connectivity index (χ0n) is 10.7. The number of methoxy groups -OCH3 is 1. The van der Waals surface area contributed by atoms with Crippen molar-refractivity contribution in [3.63, 3.8) is 0 Å². The molecule has 0 radical (unpaired) electrons. The highest BCUT2D eigenvalue weighted by Crippen LogP contribution is 2.38. The molecule has 1 aromatic rings. The van der Waals surface area contributed by atoms with Crippen molar-refractivity contribution in [3.8, 4) is 11.5 Å². The van der Waals surface area contributed by atoms with Crippen LogP contribution in [0.5, 0.6) is 11.5 Å². The first-order valence-electron chi connectivity index (χ1n) is 6.47. The molecule has 1 aliphatic carbocycles. The SMILES string of the molecule is COc1cc(CN)cc(Br)c1OC1CCCCC1. The van der Waals surface area contributed by atoms with E-state index in [4.69, 9.17) is 15.2 Å². The molecule has 18 heavy (non-hydrogen) atoms. The predicted octanol–water partition coefficient (Wildman–Crippen LogP) is 3.63. The Hall–Kier alpha value is -0.740. The van der Waals surface area contributed by atoms with Crippen molar-refractivity contribution in [3.05, 3.63) is 22.2 Å². The molecule has 2 rings (SSSR count). The molecule has 100 valence electrons. The van der Waals surface area contributed by atoms with Gasteiger partial charge in [0.05, 0.1) is 17.7 Å². The number of ether oxygens (including phenoxy) is 2. The second-order valence-electron chi connectivity index (χ2n) is 4.69. The normalized spacial score (nSPS) is 16.6. The number of halogens is 1. The molecule has 0 unspecified atom stereocenters. The number of benzene rings is 1. The minimum atomic E-state index is 0.313. The van der Waals surface area contributed by atoms with Crippen LogP contribution in [0.4, 0.5) is 0 Å². The van der Waals surface area contributed by atoms with E-state index in [2.05, 4.69) is 15.9 Å². The molecule has 0 saturated heterocycles. The molecule has 2 N–H and O–H groups in total. The molecular formula is C14H20BrNO2. The van der Waals surface area contributed by atoms with Gasteiger partial charge in [0, 0.05) is 6.54 Å². The summed E-state index contributed by atoms with van der Waals surface area (Å²) in [5, 5.41) is 0. The van der Waals surface area contributed by atoms with E-state index >= 15 is 0 Å². The second-order valence-corrected chi connectivity index (χ2v) is 5.55. The molecule has 1 fully saturated rings. The molecule has 0 aromatic heterocycles. The Morgan fingerprint density at radius 3 is 2.61 bits per heavy atom. The summed E-state index contributed by atoms with van der Waals surface area (Å²) in [5.74, 6) is 1.57. The minimum absolute atomic E-state index is 0.313. The molecule has 4 heteroatoms. The lowest BCUT2D eigenvalue weighted by Crippen LogP contribution is -2.20. The van der Waals surface area contributed by atoms with Gasteiger partial charge >= 0.3 is 0 Å². The van der Waals surface area contributed by atoms with Gasteiger partial charge in [0.15, 0.2) is 11.5 Å². The summed E-state index contributed by atoms with van der Waals surface area (Å²) >= 11 is 3.55. The van der Waals surface area contributed by atoms with E-state index in [9.17, 15) is 0 Å². The summed E-state index contributed by atoms with van der Waals surface area (Å²) in [4.78, 5) is 0. The third kappa shape index (κ3) is 3.18. The van der Waals surface area contributed by atoms with Crippen molar-refractivity contribution in [1.29, 1.82) is 0 Å². The lowest BCUT2D eigenvalue weighted by molar-refractivity contribution is 0.148. The second kappa shape index (κ2) is 6.43. The minimum Gasteiger partial charge on any atom is -0.493 e. The fraction of sp³-hybridized carbons (Fsp3) is 0.571. The van der Waals surface area contributed by atoms with Gasteiger partial charge in [0.1, 0.15) is 0 Å². The van der Waals surface area contributed by atoms with Gasteiger partial charge in [-0.15, -0.1) is 0 Å². The molecule has 0 heterocycles. The van der Waals surface area contributed by atoms with Crippen molar-refractivity contribution >= 4 is 15.9 Å². The Bertz CT molecular complexity index is 403. The highest BCUT2D eigenvalue weighted by molar-refractivity contribution is 9.10. The summed E-state index contributed by atoms with van der Waals surface area (Å²) in [6, 6.07) is 3.95. The van der Waals surface area contributed by atoms with E-state index in [-0.39, 0.29) is 0 Å².